The summed E-state index contributed by atoms with van der Waals surface area (Å²) in [6.07, 6.45) is 3.17. The largest absolute Gasteiger partial charge is 0.444 e. The van der Waals surface area contributed by atoms with Crippen molar-refractivity contribution in [3.05, 3.63) is 48.6 Å². The van der Waals surface area contributed by atoms with Crippen LogP contribution in [0.5, 0.6) is 0 Å². The van der Waals surface area contributed by atoms with E-state index in [4.69, 9.17) is 9.47 Å². The maximum atomic E-state index is 12.6. The molecule has 1 aliphatic heterocycles. The molecule has 1 aromatic carbocycles. The Morgan fingerprint density at radius 1 is 1.36 bits per heavy atom. The lowest BCUT2D eigenvalue weighted by Crippen LogP contribution is -2.54. The van der Waals surface area contributed by atoms with Crippen LogP contribution in [0.1, 0.15) is 39.2 Å². The van der Waals surface area contributed by atoms with Gasteiger partial charge in [0, 0.05) is 0 Å². The Bertz CT molecular complexity index is 526. The van der Waals surface area contributed by atoms with Crippen LogP contribution in [0.3, 0.4) is 0 Å². The molecule has 1 aliphatic rings. The average Bonchev–Trinajstić information content (AvgIpc) is 2.74. The van der Waals surface area contributed by atoms with Crippen molar-refractivity contribution in [1.29, 1.82) is 0 Å². The van der Waals surface area contributed by atoms with Gasteiger partial charge in [0.2, 0.25) is 0 Å². The highest BCUT2D eigenvalue weighted by atomic mass is 16.6. The Morgan fingerprint density at radius 2 is 2.05 bits per heavy atom. The van der Waals surface area contributed by atoms with Crippen LogP contribution in [0.2, 0.25) is 0 Å². The molecule has 0 aromatic heterocycles. The molecule has 1 atom stereocenters. The van der Waals surface area contributed by atoms with E-state index in [1.165, 1.54) is 0 Å². The summed E-state index contributed by atoms with van der Waals surface area (Å²) in [4.78, 5) is 14.3. The number of nitrogens with zero attached hydrogens (tertiary/aromatic N) is 1. The molecule has 1 heterocycles. The van der Waals surface area contributed by atoms with Gasteiger partial charge >= 0.3 is 6.09 Å². The predicted molar refractivity (Wildman–Crippen MR) is 86.3 cm³/mol. The number of amides is 1. The first kappa shape index (κ1) is 16.6. The van der Waals surface area contributed by atoms with E-state index < -0.39 is 5.72 Å². The topological polar surface area (TPSA) is 38.8 Å². The van der Waals surface area contributed by atoms with Gasteiger partial charge < -0.3 is 9.47 Å². The summed E-state index contributed by atoms with van der Waals surface area (Å²) in [5.41, 5.74) is -0.0589. The molecule has 0 aliphatic carbocycles. The molecule has 0 bridgehead atoms. The summed E-state index contributed by atoms with van der Waals surface area (Å²) in [6.45, 7) is 10.4. The highest BCUT2D eigenvalue weighted by Crippen LogP contribution is 2.38. The lowest BCUT2D eigenvalue weighted by atomic mass is 9.95. The highest BCUT2D eigenvalue weighted by Gasteiger charge is 2.51. The number of hydrogen-bond acceptors (Lipinski definition) is 3. The van der Waals surface area contributed by atoms with Crippen LogP contribution >= 0.6 is 0 Å². The summed E-state index contributed by atoms with van der Waals surface area (Å²) >= 11 is 0. The van der Waals surface area contributed by atoms with Gasteiger partial charge in [-0.15, -0.1) is 6.58 Å². The van der Waals surface area contributed by atoms with E-state index in [0.717, 1.165) is 18.4 Å². The third-order valence-corrected chi connectivity index (χ3v) is 4.09. The van der Waals surface area contributed by atoms with Gasteiger partial charge in [-0.05, 0) is 39.2 Å². The zero-order valence-electron chi connectivity index (χ0n) is 13.7. The van der Waals surface area contributed by atoms with Crippen molar-refractivity contribution in [2.45, 2.75) is 51.5 Å². The van der Waals surface area contributed by atoms with Crippen LogP contribution in [-0.2, 0) is 16.1 Å². The number of benzene rings is 1. The van der Waals surface area contributed by atoms with Crippen LogP contribution in [0.4, 0.5) is 4.79 Å². The summed E-state index contributed by atoms with van der Waals surface area (Å²) in [5.74, 6) is 0. The van der Waals surface area contributed by atoms with Crippen LogP contribution < -0.4 is 0 Å². The SMILES string of the molecule is C=CCCC1(C)COC(C)(C)N1C(=O)OCc1ccccc1. The molecule has 2 rings (SSSR count). The van der Waals surface area contributed by atoms with E-state index in [1.54, 1.807) is 4.90 Å². The van der Waals surface area contributed by atoms with E-state index in [9.17, 15) is 4.79 Å². The van der Waals surface area contributed by atoms with Crippen molar-refractivity contribution in [3.63, 3.8) is 0 Å². The molecule has 1 saturated heterocycles. The van der Waals surface area contributed by atoms with E-state index >= 15 is 0 Å². The molecule has 1 unspecified atom stereocenters. The Balaban J connectivity index is 2.08. The fraction of sp³-hybridized carbons (Fsp3) is 0.500. The van der Waals surface area contributed by atoms with Crippen LogP contribution in [0, 0.1) is 0 Å². The minimum Gasteiger partial charge on any atom is -0.444 e. The molecule has 0 N–H and O–H groups in total. The van der Waals surface area contributed by atoms with Crippen molar-refractivity contribution in [2.75, 3.05) is 6.61 Å². The van der Waals surface area contributed by atoms with E-state index in [2.05, 4.69) is 6.58 Å². The monoisotopic (exact) mass is 303 g/mol. The molecule has 4 heteroatoms. The molecule has 120 valence electrons. The van der Waals surface area contributed by atoms with Crippen LogP contribution in [0.25, 0.3) is 0 Å². The number of rotatable bonds is 5. The van der Waals surface area contributed by atoms with Crippen molar-refractivity contribution < 1.29 is 14.3 Å². The van der Waals surface area contributed by atoms with Gasteiger partial charge in [-0.25, -0.2) is 4.79 Å². The molecule has 1 amide bonds. The fourth-order valence-corrected chi connectivity index (χ4v) is 2.93. The van der Waals surface area contributed by atoms with E-state index in [1.807, 2.05) is 57.2 Å². The first-order valence-corrected chi connectivity index (χ1v) is 7.65. The second-order valence-electron chi connectivity index (χ2n) is 6.44. The van der Waals surface area contributed by atoms with Gasteiger partial charge in [0.1, 0.15) is 12.3 Å². The number of carbonyl (C=O) groups excluding carboxylic acids is 1. The highest BCUT2D eigenvalue weighted by molar-refractivity contribution is 5.70. The molecular weight excluding hydrogens is 278 g/mol. The summed E-state index contributed by atoms with van der Waals surface area (Å²) in [7, 11) is 0. The van der Waals surface area contributed by atoms with Crippen LogP contribution in [0.15, 0.2) is 43.0 Å². The maximum absolute atomic E-state index is 12.6. The normalized spacial score (nSPS) is 23.3. The van der Waals surface area contributed by atoms with Crippen LogP contribution in [-0.4, -0.2) is 28.9 Å². The first-order chi connectivity index (χ1) is 10.4. The lowest BCUT2D eigenvalue weighted by Gasteiger charge is -2.38. The standard InChI is InChI=1S/C18H25NO3/c1-5-6-12-18(4)14-22-17(2,3)19(18)16(20)21-13-15-10-8-7-9-11-15/h5,7-11H,1,6,12-14H2,2-4H3. The van der Waals surface area contributed by atoms with Gasteiger partial charge in [0.25, 0.3) is 0 Å². The zero-order valence-corrected chi connectivity index (χ0v) is 13.7. The van der Waals surface area contributed by atoms with Gasteiger partial charge in [-0.2, -0.15) is 0 Å². The molecule has 0 spiro atoms. The molecule has 0 radical (unpaired) electrons. The van der Waals surface area contributed by atoms with Gasteiger partial charge in [-0.1, -0.05) is 36.4 Å². The third kappa shape index (κ3) is 3.50. The molecule has 1 aromatic rings. The predicted octanol–water partition coefficient (Wildman–Crippen LogP) is 4.12. The van der Waals surface area contributed by atoms with Gasteiger partial charge in [0.05, 0.1) is 12.1 Å². The molecule has 1 fully saturated rings. The molecular formula is C18H25NO3. The Labute approximate surface area is 132 Å². The lowest BCUT2D eigenvalue weighted by molar-refractivity contribution is -0.0544. The van der Waals surface area contributed by atoms with Crippen molar-refractivity contribution in [1.82, 2.24) is 4.90 Å². The molecule has 4 nitrogen and oxygen atoms in total. The summed E-state index contributed by atoms with van der Waals surface area (Å²) in [6, 6.07) is 9.68. The smallest absolute Gasteiger partial charge is 0.412 e. The summed E-state index contributed by atoms with van der Waals surface area (Å²) < 4.78 is 11.3. The van der Waals surface area contributed by atoms with Gasteiger partial charge in [-0.3, -0.25) is 4.90 Å². The van der Waals surface area contributed by atoms with Crippen molar-refractivity contribution in [2.24, 2.45) is 0 Å². The molecule has 0 saturated carbocycles. The van der Waals surface area contributed by atoms with E-state index in [-0.39, 0.29) is 18.2 Å². The number of allylic oxidation sites excluding steroid dienone is 1. The van der Waals surface area contributed by atoms with Gasteiger partial charge in [0.15, 0.2) is 0 Å². The maximum Gasteiger partial charge on any atom is 0.412 e. The minimum atomic E-state index is -0.663. The van der Waals surface area contributed by atoms with Crippen molar-refractivity contribution in [3.8, 4) is 0 Å². The number of ether oxygens (including phenoxy) is 2. The number of carbonyl (C=O) groups is 1. The third-order valence-electron chi connectivity index (χ3n) is 4.09. The molecule has 22 heavy (non-hydrogen) atoms. The minimum absolute atomic E-state index is 0.268. The summed E-state index contributed by atoms with van der Waals surface area (Å²) in [5, 5.41) is 0. The van der Waals surface area contributed by atoms with Crippen molar-refractivity contribution >= 4 is 6.09 Å². The second-order valence-corrected chi connectivity index (χ2v) is 6.44. The second kappa shape index (κ2) is 6.53. The Kier molecular flexibility index (Phi) is 4.91. The Morgan fingerprint density at radius 3 is 2.68 bits per heavy atom. The Hall–Kier alpha value is -1.81. The first-order valence-electron chi connectivity index (χ1n) is 7.65. The fourth-order valence-electron chi connectivity index (χ4n) is 2.93. The van der Waals surface area contributed by atoms with E-state index in [0.29, 0.717) is 6.61 Å². The number of hydrogen-bond donors (Lipinski definition) is 0. The average molecular weight is 303 g/mol. The quantitative estimate of drug-likeness (QED) is 0.768. The zero-order chi connectivity index (χ0) is 16.2.